The highest BCUT2D eigenvalue weighted by Gasteiger charge is 2.23. The van der Waals surface area contributed by atoms with E-state index in [-0.39, 0.29) is 5.54 Å². The predicted octanol–water partition coefficient (Wildman–Crippen LogP) is 3.54. The predicted molar refractivity (Wildman–Crippen MR) is 71.0 cm³/mol. The lowest BCUT2D eigenvalue weighted by atomic mass is 10.1. The van der Waals surface area contributed by atoms with Crippen molar-refractivity contribution in [1.82, 2.24) is 10.3 Å². The summed E-state index contributed by atoms with van der Waals surface area (Å²) in [7, 11) is 0. The highest BCUT2D eigenvalue weighted by Crippen LogP contribution is 2.24. The zero-order valence-corrected chi connectivity index (χ0v) is 11.4. The Balaban J connectivity index is 2.02. The zero-order valence-electron chi connectivity index (χ0n) is 9.78. The standard InChI is InChI=1S/C12H16N2S2/c1-9-8-16-11(14-9)12(2,3)13-7-10-5-4-6-15-10/h4-6,8,13H,7H2,1-3H3. The van der Waals surface area contributed by atoms with E-state index in [1.54, 1.807) is 22.7 Å². The highest BCUT2D eigenvalue weighted by molar-refractivity contribution is 7.10. The van der Waals surface area contributed by atoms with Crippen LogP contribution in [-0.4, -0.2) is 4.98 Å². The van der Waals surface area contributed by atoms with E-state index in [0.717, 1.165) is 17.2 Å². The van der Waals surface area contributed by atoms with Gasteiger partial charge in [0.25, 0.3) is 0 Å². The van der Waals surface area contributed by atoms with E-state index in [4.69, 9.17) is 0 Å². The molecule has 0 saturated heterocycles. The van der Waals surface area contributed by atoms with Crippen LogP contribution in [0.4, 0.5) is 0 Å². The molecule has 0 spiro atoms. The van der Waals surface area contributed by atoms with Gasteiger partial charge in [-0.25, -0.2) is 4.98 Å². The summed E-state index contributed by atoms with van der Waals surface area (Å²) in [4.78, 5) is 5.90. The maximum Gasteiger partial charge on any atom is 0.112 e. The van der Waals surface area contributed by atoms with Gasteiger partial charge in [0.1, 0.15) is 5.01 Å². The van der Waals surface area contributed by atoms with Crippen LogP contribution in [0, 0.1) is 6.92 Å². The number of aryl methyl sites for hydroxylation is 1. The molecule has 0 unspecified atom stereocenters. The van der Waals surface area contributed by atoms with Crippen LogP contribution < -0.4 is 5.32 Å². The molecule has 0 aliphatic rings. The number of rotatable bonds is 4. The van der Waals surface area contributed by atoms with E-state index in [1.165, 1.54) is 4.88 Å². The maximum absolute atomic E-state index is 4.54. The van der Waals surface area contributed by atoms with Crippen LogP contribution in [0.25, 0.3) is 0 Å². The third kappa shape index (κ3) is 2.70. The quantitative estimate of drug-likeness (QED) is 0.900. The van der Waals surface area contributed by atoms with E-state index < -0.39 is 0 Å². The fraction of sp³-hybridized carbons (Fsp3) is 0.417. The molecule has 0 saturated carbocycles. The van der Waals surface area contributed by atoms with Gasteiger partial charge in [-0.2, -0.15) is 0 Å². The molecular weight excluding hydrogens is 236 g/mol. The summed E-state index contributed by atoms with van der Waals surface area (Å²) in [6, 6.07) is 4.24. The molecule has 0 aliphatic carbocycles. The second kappa shape index (κ2) is 4.65. The van der Waals surface area contributed by atoms with Crippen LogP contribution in [0.3, 0.4) is 0 Å². The first-order chi connectivity index (χ1) is 7.58. The Hall–Kier alpha value is -0.710. The van der Waals surface area contributed by atoms with Crippen LogP contribution in [0.2, 0.25) is 0 Å². The van der Waals surface area contributed by atoms with E-state index in [0.29, 0.717) is 0 Å². The molecule has 2 aromatic rings. The minimum absolute atomic E-state index is 0.0527. The van der Waals surface area contributed by atoms with Crippen molar-refractivity contribution in [2.75, 3.05) is 0 Å². The second-order valence-corrected chi connectivity index (χ2v) is 6.24. The molecule has 2 aromatic heterocycles. The summed E-state index contributed by atoms with van der Waals surface area (Å²) in [5.74, 6) is 0. The molecule has 0 aliphatic heterocycles. The molecule has 2 nitrogen and oxygen atoms in total. The number of hydrogen-bond acceptors (Lipinski definition) is 4. The molecule has 0 amide bonds. The average Bonchev–Trinajstić information content (AvgIpc) is 2.85. The number of nitrogens with one attached hydrogen (secondary N) is 1. The SMILES string of the molecule is Cc1csc(C(C)(C)NCc2cccs2)n1. The molecule has 2 heterocycles. The maximum atomic E-state index is 4.54. The Kier molecular flexibility index (Phi) is 3.42. The number of hydrogen-bond donors (Lipinski definition) is 1. The number of aromatic nitrogens is 1. The van der Waals surface area contributed by atoms with Gasteiger partial charge in [-0.05, 0) is 32.2 Å². The molecule has 0 fully saturated rings. The minimum Gasteiger partial charge on any atom is -0.301 e. The van der Waals surface area contributed by atoms with E-state index in [9.17, 15) is 0 Å². The van der Waals surface area contributed by atoms with Crippen molar-refractivity contribution in [3.8, 4) is 0 Å². The Labute approximate surface area is 104 Å². The van der Waals surface area contributed by atoms with Gasteiger partial charge >= 0.3 is 0 Å². The lowest BCUT2D eigenvalue weighted by Gasteiger charge is -2.23. The normalized spacial score (nSPS) is 11.9. The summed E-state index contributed by atoms with van der Waals surface area (Å²) in [6.45, 7) is 7.30. The monoisotopic (exact) mass is 252 g/mol. The van der Waals surface area contributed by atoms with Crippen molar-refractivity contribution in [3.63, 3.8) is 0 Å². The molecule has 0 radical (unpaired) electrons. The molecule has 0 aromatic carbocycles. The number of thiophene rings is 1. The number of nitrogens with zero attached hydrogens (tertiary/aromatic N) is 1. The molecular formula is C12H16N2S2. The average molecular weight is 252 g/mol. The third-order valence-corrected chi connectivity index (χ3v) is 4.60. The zero-order chi connectivity index (χ0) is 11.6. The van der Waals surface area contributed by atoms with Gasteiger partial charge in [-0.15, -0.1) is 22.7 Å². The Morgan fingerprint density at radius 2 is 2.19 bits per heavy atom. The van der Waals surface area contributed by atoms with Crippen LogP contribution >= 0.6 is 22.7 Å². The first-order valence-corrected chi connectivity index (χ1v) is 7.04. The molecule has 16 heavy (non-hydrogen) atoms. The molecule has 86 valence electrons. The molecule has 0 atom stereocenters. The van der Waals surface area contributed by atoms with Crippen LogP contribution in [0.5, 0.6) is 0 Å². The van der Waals surface area contributed by atoms with Gasteiger partial charge in [0.05, 0.1) is 5.54 Å². The van der Waals surface area contributed by atoms with Crippen LogP contribution in [0.1, 0.15) is 29.4 Å². The van der Waals surface area contributed by atoms with Gasteiger partial charge in [-0.1, -0.05) is 6.07 Å². The van der Waals surface area contributed by atoms with Crippen LogP contribution in [-0.2, 0) is 12.1 Å². The summed E-state index contributed by atoms with van der Waals surface area (Å²) in [6.07, 6.45) is 0. The lowest BCUT2D eigenvalue weighted by Crippen LogP contribution is -2.35. The van der Waals surface area contributed by atoms with Crippen molar-refractivity contribution in [3.05, 3.63) is 38.5 Å². The molecule has 0 bridgehead atoms. The Morgan fingerprint density at radius 3 is 2.75 bits per heavy atom. The fourth-order valence-electron chi connectivity index (χ4n) is 1.44. The molecule has 2 rings (SSSR count). The summed E-state index contributed by atoms with van der Waals surface area (Å²) in [5.41, 5.74) is 1.05. The van der Waals surface area contributed by atoms with Gasteiger partial charge in [-0.3, -0.25) is 0 Å². The van der Waals surface area contributed by atoms with E-state index >= 15 is 0 Å². The smallest absolute Gasteiger partial charge is 0.112 e. The van der Waals surface area contributed by atoms with Gasteiger partial charge in [0, 0.05) is 22.5 Å². The highest BCUT2D eigenvalue weighted by atomic mass is 32.1. The Morgan fingerprint density at radius 1 is 1.38 bits per heavy atom. The largest absolute Gasteiger partial charge is 0.301 e. The van der Waals surface area contributed by atoms with E-state index in [1.807, 2.05) is 6.92 Å². The molecule has 4 heteroatoms. The van der Waals surface area contributed by atoms with Gasteiger partial charge in [0.2, 0.25) is 0 Å². The van der Waals surface area contributed by atoms with Crippen molar-refractivity contribution >= 4 is 22.7 Å². The molecule has 1 N–H and O–H groups in total. The van der Waals surface area contributed by atoms with E-state index in [2.05, 4.69) is 47.0 Å². The van der Waals surface area contributed by atoms with Crippen molar-refractivity contribution in [2.45, 2.75) is 32.9 Å². The summed E-state index contributed by atoms with van der Waals surface area (Å²) < 4.78 is 0. The van der Waals surface area contributed by atoms with Crippen LogP contribution in [0.15, 0.2) is 22.9 Å². The summed E-state index contributed by atoms with van der Waals surface area (Å²) >= 11 is 3.51. The Bertz CT molecular complexity index is 443. The van der Waals surface area contributed by atoms with Crippen molar-refractivity contribution in [1.29, 1.82) is 0 Å². The topological polar surface area (TPSA) is 24.9 Å². The van der Waals surface area contributed by atoms with Crippen molar-refractivity contribution < 1.29 is 0 Å². The van der Waals surface area contributed by atoms with Gasteiger partial charge in [0.15, 0.2) is 0 Å². The first kappa shape index (κ1) is 11.8. The number of thiazole rings is 1. The minimum atomic E-state index is -0.0527. The van der Waals surface area contributed by atoms with Crippen molar-refractivity contribution in [2.24, 2.45) is 0 Å². The lowest BCUT2D eigenvalue weighted by molar-refractivity contribution is 0.401. The van der Waals surface area contributed by atoms with Gasteiger partial charge < -0.3 is 5.32 Å². The summed E-state index contributed by atoms with van der Waals surface area (Å²) in [5, 5.41) is 8.91. The second-order valence-electron chi connectivity index (χ2n) is 4.35. The fourth-order valence-corrected chi connectivity index (χ4v) is 2.98. The third-order valence-electron chi connectivity index (χ3n) is 2.44. The first-order valence-electron chi connectivity index (χ1n) is 5.28.